The maximum absolute atomic E-state index is 12.4. The van der Waals surface area contributed by atoms with Crippen LogP contribution >= 0.6 is 12.4 Å². The van der Waals surface area contributed by atoms with Crippen LogP contribution in [0.2, 0.25) is 0 Å². The molecule has 1 saturated heterocycles. The van der Waals surface area contributed by atoms with E-state index in [2.05, 4.69) is 37.5 Å². The molecule has 0 spiro atoms. The zero-order chi connectivity index (χ0) is 18.9. The van der Waals surface area contributed by atoms with E-state index >= 15 is 0 Å². The fourth-order valence-corrected chi connectivity index (χ4v) is 4.13. The average Bonchev–Trinajstić information content (AvgIpc) is 2.60. The van der Waals surface area contributed by atoms with Gasteiger partial charge in [-0.25, -0.2) is 4.79 Å². The lowest BCUT2D eigenvalue weighted by atomic mass is 9.98. The van der Waals surface area contributed by atoms with Gasteiger partial charge in [-0.05, 0) is 37.5 Å². The lowest BCUT2D eigenvalue weighted by Crippen LogP contribution is -2.51. The number of carbonyl (C=O) groups excluding carboxylic acids is 1. The van der Waals surface area contributed by atoms with Crippen LogP contribution in [-0.4, -0.2) is 79.3 Å². The molecule has 1 saturated carbocycles. The Balaban J connectivity index is 0.00000364. The smallest absolute Gasteiger partial charge is 0.410 e. The van der Waals surface area contributed by atoms with Gasteiger partial charge in [0.05, 0.1) is 0 Å². The van der Waals surface area contributed by atoms with Gasteiger partial charge in [0.25, 0.3) is 0 Å². The molecule has 160 valence electrons. The molecule has 0 bridgehead atoms. The minimum Gasteiger partial charge on any atom is -0.446 e. The van der Waals surface area contributed by atoms with Crippen LogP contribution in [-0.2, 0) is 4.74 Å². The van der Waals surface area contributed by atoms with Gasteiger partial charge in [0.2, 0.25) is 0 Å². The molecular formula is C21H42ClN3O2. The predicted molar refractivity (Wildman–Crippen MR) is 115 cm³/mol. The molecule has 1 heterocycles. The van der Waals surface area contributed by atoms with E-state index in [-0.39, 0.29) is 24.6 Å². The predicted octanol–water partition coefficient (Wildman–Crippen LogP) is 4.11. The van der Waals surface area contributed by atoms with Crippen molar-refractivity contribution in [1.29, 1.82) is 0 Å². The lowest BCUT2D eigenvalue weighted by molar-refractivity contribution is 0.0315. The number of rotatable bonds is 8. The van der Waals surface area contributed by atoms with Crippen molar-refractivity contribution in [3.63, 3.8) is 0 Å². The van der Waals surface area contributed by atoms with Crippen LogP contribution in [0.5, 0.6) is 0 Å². The Bertz CT molecular complexity index is 396. The molecule has 2 aliphatic rings. The highest BCUT2D eigenvalue weighted by molar-refractivity contribution is 5.85. The summed E-state index contributed by atoms with van der Waals surface area (Å²) in [6.07, 6.45) is 5.87. The van der Waals surface area contributed by atoms with Crippen LogP contribution in [0.15, 0.2) is 0 Å². The van der Waals surface area contributed by atoms with Gasteiger partial charge < -0.3 is 14.5 Å². The third kappa shape index (κ3) is 9.49. The molecule has 0 aromatic heterocycles. The molecule has 6 heteroatoms. The lowest BCUT2D eigenvalue weighted by Gasteiger charge is -2.36. The summed E-state index contributed by atoms with van der Waals surface area (Å²) in [5, 5.41) is 0. The first kappa shape index (κ1) is 24.5. The summed E-state index contributed by atoms with van der Waals surface area (Å²) in [6.45, 7) is 17.3. The SMILES string of the molecule is CC(C)CN(CCN1CCN(C(=O)OC2CCCCC2)CC1)CC(C)C.Cl. The Kier molecular flexibility index (Phi) is 11.7. The van der Waals surface area contributed by atoms with Gasteiger partial charge in [0.1, 0.15) is 6.10 Å². The minimum atomic E-state index is -0.0854. The summed E-state index contributed by atoms with van der Waals surface area (Å²) >= 11 is 0. The van der Waals surface area contributed by atoms with Gasteiger partial charge in [-0.1, -0.05) is 34.1 Å². The van der Waals surface area contributed by atoms with Crippen molar-refractivity contribution in [2.24, 2.45) is 11.8 Å². The molecule has 0 radical (unpaired) electrons. The van der Waals surface area contributed by atoms with Gasteiger partial charge in [0, 0.05) is 52.4 Å². The topological polar surface area (TPSA) is 36.0 Å². The highest BCUT2D eigenvalue weighted by atomic mass is 35.5. The maximum atomic E-state index is 12.4. The summed E-state index contributed by atoms with van der Waals surface area (Å²) in [6, 6.07) is 0. The molecule has 2 fully saturated rings. The zero-order valence-corrected chi connectivity index (χ0v) is 18.8. The molecule has 0 aromatic carbocycles. The molecule has 0 aromatic rings. The maximum Gasteiger partial charge on any atom is 0.410 e. The molecule has 1 aliphatic carbocycles. The first-order chi connectivity index (χ1) is 12.4. The van der Waals surface area contributed by atoms with Gasteiger partial charge in [-0.3, -0.25) is 4.90 Å². The molecule has 0 unspecified atom stereocenters. The van der Waals surface area contributed by atoms with Crippen molar-refractivity contribution in [3.05, 3.63) is 0 Å². The number of ether oxygens (including phenoxy) is 1. The number of nitrogens with zero attached hydrogens (tertiary/aromatic N) is 3. The molecule has 1 amide bonds. The Labute approximate surface area is 173 Å². The third-order valence-corrected chi connectivity index (χ3v) is 5.43. The Hall–Kier alpha value is -0.520. The van der Waals surface area contributed by atoms with Crippen molar-refractivity contribution in [2.75, 3.05) is 52.4 Å². The zero-order valence-electron chi connectivity index (χ0n) is 18.0. The van der Waals surface area contributed by atoms with E-state index in [1.165, 1.54) is 32.4 Å². The highest BCUT2D eigenvalue weighted by Crippen LogP contribution is 2.21. The molecule has 2 rings (SSSR count). The normalized spacial score (nSPS) is 19.6. The second kappa shape index (κ2) is 12.8. The van der Waals surface area contributed by atoms with Crippen molar-refractivity contribution < 1.29 is 9.53 Å². The molecular weight excluding hydrogens is 362 g/mol. The van der Waals surface area contributed by atoms with Crippen LogP contribution in [0, 0.1) is 11.8 Å². The molecule has 0 N–H and O–H groups in total. The van der Waals surface area contributed by atoms with Crippen molar-refractivity contribution in [3.8, 4) is 0 Å². The summed E-state index contributed by atoms with van der Waals surface area (Å²) in [5.74, 6) is 1.42. The molecule has 5 nitrogen and oxygen atoms in total. The third-order valence-electron chi connectivity index (χ3n) is 5.43. The minimum absolute atomic E-state index is 0. The van der Waals surface area contributed by atoms with Gasteiger partial charge >= 0.3 is 6.09 Å². The van der Waals surface area contributed by atoms with Crippen LogP contribution in [0.25, 0.3) is 0 Å². The highest BCUT2D eigenvalue weighted by Gasteiger charge is 2.25. The summed E-state index contributed by atoms with van der Waals surface area (Å²) in [4.78, 5) is 19.4. The van der Waals surface area contributed by atoms with Crippen LogP contribution in [0.4, 0.5) is 4.79 Å². The van der Waals surface area contributed by atoms with Crippen molar-refractivity contribution in [1.82, 2.24) is 14.7 Å². The standard InChI is InChI=1S/C21H41N3O2.ClH/c1-18(2)16-23(17-19(3)4)11-10-22-12-14-24(15-13-22)21(25)26-20-8-6-5-7-9-20;/h18-20H,5-17H2,1-4H3;1H. The van der Waals surface area contributed by atoms with E-state index in [1.807, 2.05) is 4.90 Å². The van der Waals surface area contributed by atoms with Crippen molar-refractivity contribution >= 4 is 18.5 Å². The molecule has 1 aliphatic heterocycles. The number of carbonyl (C=O) groups is 1. The van der Waals surface area contributed by atoms with Crippen LogP contribution in [0.1, 0.15) is 59.8 Å². The fraction of sp³-hybridized carbons (Fsp3) is 0.952. The average molecular weight is 404 g/mol. The van der Waals surface area contributed by atoms with Crippen LogP contribution in [0.3, 0.4) is 0 Å². The first-order valence-corrected chi connectivity index (χ1v) is 10.8. The Morgan fingerprint density at radius 3 is 2.04 bits per heavy atom. The summed E-state index contributed by atoms with van der Waals surface area (Å²) < 4.78 is 5.71. The van der Waals surface area contributed by atoms with E-state index in [9.17, 15) is 4.79 Å². The number of amides is 1. The number of piperazine rings is 1. The molecule has 0 atom stereocenters. The van der Waals surface area contributed by atoms with Crippen LogP contribution < -0.4 is 0 Å². The van der Waals surface area contributed by atoms with Gasteiger partial charge in [-0.15, -0.1) is 12.4 Å². The number of halogens is 1. The fourth-order valence-electron chi connectivity index (χ4n) is 4.13. The number of hydrogen-bond acceptors (Lipinski definition) is 4. The summed E-state index contributed by atoms with van der Waals surface area (Å²) in [7, 11) is 0. The summed E-state index contributed by atoms with van der Waals surface area (Å²) in [5.41, 5.74) is 0. The van der Waals surface area contributed by atoms with E-state index in [4.69, 9.17) is 4.74 Å². The van der Waals surface area contributed by atoms with Gasteiger partial charge in [0.15, 0.2) is 0 Å². The van der Waals surface area contributed by atoms with E-state index in [1.54, 1.807) is 0 Å². The van der Waals surface area contributed by atoms with E-state index in [0.29, 0.717) is 11.8 Å². The van der Waals surface area contributed by atoms with E-state index < -0.39 is 0 Å². The molecule has 27 heavy (non-hydrogen) atoms. The monoisotopic (exact) mass is 403 g/mol. The first-order valence-electron chi connectivity index (χ1n) is 10.8. The quantitative estimate of drug-likeness (QED) is 0.611. The largest absolute Gasteiger partial charge is 0.446 e. The van der Waals surface area contributed by atoms with E-state index in [0.717, 1.165) is 52.1 Å². The number of hydrogen-bond donors (Lipinski definition) is 0. The van der Waals surface area contributed by atoms with Crippen molar-refractivity contribution in [2.45, 2.75) is 65.9 Å². The Morgan fingerprint density at radius 2 is 1.52 bits per heavy atom. The van der Waals surface area contributed by atoms with Gasteiger partial charge in [-0.2, -0.15) is 0 Å². The second-order valence-corrected chi connectivity index (χ2v) is 9.02. The Morgan fingerprint density at radius 1 is 0.963 bits per heavy atom. The second-order valence-electron chi connectivity index (χ2n) is 9.02.